The third-order valence-electron chi connectivity index (χ3n) is 3.81. The molecular weight excluding hydrogens is 326 g/mol. The van der Waals surface area contributed by atoms with Gasteiger partial charge in [-0.25, -0.2) is 9.98 Å². The third-order valence-corrected chi connectivity index (χ3v) is 4.33. The lowest BCUT2D eigenvalue weighted by Crippen LogP contribution is -2.37. The van der Waals surface area contributed by atoms with Crippen LogP contribution in [0.5, 0.6) is 0 Å². The van der Waals surface area contributed by atoms with Crippen molar-refractivity contribution in [3.05, 3.63) is 34.3 Å². The maximum absolute atomic E-state index is 4.98. The van der Waals surface area contributed by atoms with Crippen molar-refractivity contribution in [3.63, 3.8) is 0 Å². The van der Waals surface area contributed by atoms with Gasteiger partial charge in [0, 0.05) is 10.0 Å². The topological polar surface area (TPSA) is 36.8 Å². The van der Waals surface area contributed by atoms with Crippen LogP contribution in [-0.2, 0) is 0 Å². The highest BCUT2D eigenvalue weighted by atomic mass is 79.9. The first-order chi connectivity index (χ1) is 10.2. The molecule has 1 aromatic rings. The molecule has 0 saturated carbocycles. The highest BCUT2D eigenvalue weighted by Gasteiger charge is 2.29. The fourth-order valence-electron chi connectivity index (χ4n) is 2.52. The summed E-state index contributed by atoms with van der Waals surface area (Å²) in [6.07, 6.45) is 8.58. The van der Waals surface area contributed by atoms with Gasteiger partial charge in [0.15, 0.2) is 5.66 Å². The van der Waals surface area contributed by atoms with Gasteiger partial charge in [-0.05, 0) is 37.8 Å². The fraction of sp³-hybridized carbons (Fsp3) is 0.529. The van der Waals surface area contributed by atoms with Gasteiger partial charge in [-0.2, -0.15) is 0 Å². The summed E-state index contributed by atoms with van der Waals surface area (Å²) in [5.41, 5.74) is 0.848. The first-order valence-electron chi connectivity index (χ1n) is 7.85. The summed E-state index contributed by atoms with van der Waals surface area (Å²) in [4.78, 5) is 9.68. The summed E-state index contributed by atoms with van der Waals surface area (Å²) in [6.45, 7) is 4.44. The molecule has 1 aliphatic rings. The quantitative estimate of drug-likeness (QED) is 0.746. The van der Waals surface area contributed by atoms with Gasteiger partial charge >= 0.3 is 0 Å². The van der Waals surface area contributed by atoms with Crippen LogP contribution in [-0.4, -0.2) is 17.8 Å². The zero-order valence-electron chi connectivity index (χ0n) is 12.9. The lowest BCUT2D eigenvalue weighted by atomic mass is 9.96. The molecule has 0 amide bonds. The third kappa shape index (κ3) is 4.40. The smallest absolute Gasteiger partial charge is 0.154 e. The van der Waals surface area contributed by atoms with E-state index in [0.29, 0.717) is 0 Å². The molecular formula is C17H24BrN3. The van der Waals surface area contributed by atoms with Gasteiger partial charge < -0.3 is 5.32 Å². The summed E-state index contributed by atoms with van der Waals surface area (Å²) in [5, 5.41) is 3.21. The average Bonchev–Trinajstić information content (AvgIpc) is 2.52. The van der Waals surface area contributed by atoms with Crippen molar-refractivity contribution in [1.82, 2.24) is 5.32 Å². The predicted molar refractivity (Wildman–Crippen MR) is 94.1 cm³/mol. The Balaban J connectivity index is 2.24. The van der Waals surface area contributed by atoms with Crippen LogP contribution in [0.1, 0.15) is 57.9 Å². The van der Waals surface area contributed by atoms with Gasteiger partial charge in [-0.15, -0.1) is 0 Å². The standard InChI is InChI=1S/C17H24BrN3/c1-3-5-11-17(12-6-4-2)20-13-19-16(21-17)14-7-9-15(18)10-8-14/h7-10,13H,3-6,11-12H2,1-2H3,(H,19,20,21). The SMILES string of the molecule is CCCCC1(CCCC)N=CNC(c2ccc(Br)cc2)=N1. The molecule has 0 radical (unpaired) electrons. The van der Waals surface area contributed by atoms with Crippen LogP contribution in [0.4, 0.5) is 0 Å². The van der Waals surface area contributed by atoms with E-state index in [4.69, 9.17) is 9.98 Å². The highest BCUT2D eigenvalue weighted by molar-refractivity contribution is 9.10. The Kier molecular flexibility index (Phi) is 5.97. The van der Waals surface area contributed by atoms with E-state index in [-0.39, 0.29) is 5.66 Å². The van der Waals surface area contributed by atoms with E-state index >= 15 is 0 Å². The monoisotopic (exact) mass is 349 g/mol. The maximum Gasteiger partial charge on any atom is 0.154 e. The van der Waals surface area contributed by atoms with Crippen molar-refractivity contribution in [1.29, 1.82) is 0 Å². The Labute approximate surface area is 136 Å². The molecule has 0 atom stereocenters. The largest absolute Gasteiger partial charge is 0.331 e. The van der Waals surface area contributed by atoms with E-state index in [1.54, 1.807) is 0 Å². The second kappa shape index (κ2) is 7.74. The lowest BCUT2D eigenvalue weighted by Gasteiger charge is -2.30. The summed E-state index contributed by atoms with van der Waals surface area (Å²) < 4.78 is 1.08. The molecule has 1 aliphatic heterocycles. The van der Waals surface area contributed by atoms with Gasteiger partial charge in [0.25, 0.3) is 0 Å². The van der Waals surface area contributed by atoms with Crippen LogP contribution in [0.3, 0.4) is 0 Å². The van der Waals surface area contributed by atoms with Crippen LogP contribution >= 0.6 is 15.9 Å². The van der Waals surface area contributed by atoms with E-state index in [1.807, 2.05) is 18.5 Å². The van der Waals surface area contributed by atoms with Crippen molar-refractivity contribution >= 4 is 28.1 Å². The van der Waals surface area contributed by atoms with Gasteiger partial charge in [-0.3, -0.25) is 0 Å². The first-order valence-corrected chi connectivity index (χ1v) is 8.64. The van der Waals surface area contributed by atoms with Crippen molar-refractivity contribution in [2.45, 2.75) is 58.0 Å². The highest BCUT2D eigenvalue weighted by Crippen LogP contribution is 2.29. The molecule has 1 N–H and O–H groups in total. The molecule has 0 fully saturated rings. The van der Waals surface area contributed by atoms with Crippen LogP contribution in [0.2, 0.25) is 0 Å². The molecule has 1 heterocycles. The molecule has 0 saturated heterocycles. The van der Waals surface area contributed by atoms with Crippen molar-refractivity contribution in [2.24, 2.45) is 9.98 Å². The number of hydrogen-bond donors (Lipinski definition) is 1. The number of rotatable bonds is 7. The van der Waals surface area contributed by atoms with Crippen molar-refractivity contribution in [3.8, 4) is 0 Å². The number of benzene rings is 1. The zero-order chi connectivity index (χ0) is 15.1. The molecule has 21 heavy (non-hydrogen) atoms. The molecule has 0 aliphatic carbocycles. The molecule has 2 rings (SSSR count). The van der Waals surface area contributed by atoms with Gasteiger partial charge in [0.1, 0.15) is 5.84 Å². The minimum absolute atomic E-state index is 0.264. The Morgan fingerprint density at radius 3 is 2.24 bits per heavy atom. The van der Waals surface area contributed by atoms with Crippen LogP contribution in [0, 0.1) is 0 Å². The molecule has 114 valence electrons. The number of aliphatic imine (C=N–C) groups is 2. The Morgan fingerprint density at radius 1 is 1.05 bits per heavy atom. The molecule has 0 aromatic heterocycles. The minimum Gasteiger partial charge on any atom is -0.331 e. The van der Waals surface area contributed by atoms with Gasteiger partial charge in [0.05, 0.1) is 6.34 Å². The number of nitrogens with one attached hydrogen (secondary N) is 1. The van der Waals surface area contributed by atoms with Crippen molar-refractivity contribution in [2.75, 3.05) is 0 Å². The molecule has 4 heteroatoms. The fourth-order valence-corrected chi connectivity index (χ4v) is 2.79. The lowest BCUT2D eigenvalue weighted by molar-refractivity contribution is 0.359. The number of hydrogen-bond acceptors (Lipinski definition) is 3. The minimum atomic E-state index is -0.264. The summed E-state index contributed by atoms with van der Waals surface area (Å²) >= 11 is 3.47. The van der Waals surface area contributed by atoms with Crippen LogP contribution < -0.4 is 5.32 Å². The number of nitrogens with zero attached hydrogens (tertiary/aromatic N) is 2. The maximum atomic E-state index is 4.98. The van der Waals surface area contributed by atoms with E-state index in [2.05, 4.69) is 47.2 Å². The van der Waals surface area contributed by atoms with Gasteiger partial charge in [-0.1, -0.05) is 54.8 Å². The van der Waals surface area contributed by atoms with Crippen molar-refractivity contribution < 1.29 is 0 Å². The summed E-state index contributed by atoms with van der Waals surface area (Å²) in [6, 6.07) is 8.26. The van der Waals surface area contributed by atoms with Crippen LogP contribution in [0.25, 0.3) is 0 Å². The van der Waals surface area contributed by atoms with Crippen LogP contribution in [0.15, 0.2) is 38.7 Å². The predicted octanol–water partition coefficient (Wildman–Crippen LogP) is 4.90. The molecule has 0 bridgehead atoms. The Bertz CT molecular complexity index is 497. The summed E-state index contributed by atoms with van der Waals surface area (Å²) in [7, 11) is 0. The number of unbranched alkanes of at least 4 members (excludes halogenated alkanes) is 2. The Hall–Kier alpha value is -1.16. The molecule has 3 nitrogen and oxygen atoms in total. The van der Waals surface area contributed by atoms with E-state index in [1.165, 1.54) is 12.8 Å². The van der Waals surface area contributed by atoms with E-state index < -0.39 is 0 Å². The van der Waals surface area contributed by atoms with E-state index in [9.17, 15) is 0 Å². The van der Waals surface area contributed by atoms with Gasteiger partial charge in [0.2, 0.25) is 0 Å². The number of amidine groups is 1. The molecule has 0 spiro atoms. The molecule has 0 unspecified atom stereocenters. The normalized spacial score (nSPS) is 16.4. The number of halogens is 1. The Morgan fingerprint density at radius 2 is 1.67 bits per heavy atom. The zero-order valence-corrected chi connectivity index (χ0v) is 14.5. The summed E-state index contributed by atoms with van der Waals surface area (Å²) in [5.74, 6) is 0.935. The second-order valence-electron chi connectivity index (χ2n) is 5.56. The first kappa shape index (κ1) is 16.2. The molecule has 1 aromatic carbocycles. The second-order valence-corrected chi connectivity index (χ2v) is 6.48. The van der Waals surface area contributed by atoms with E-state index in [0.717, 1.165) is 41.6 Å². The average molecular weight is 350 g/mol.